The summed E-state index contributed by atoms with van der Waals surface area (Å²) in [6.45, 7) is 2.04. The second kappa shape index (κ2) is 7.36. The summed E-state index contributed by atoms with van der Waals surface area (Å²) in [6, 6.07) is 1.02. The SMILES string of the molecule is CCOC(=O)C1CCCCN1C(=O)C(=O)NCC#N. The fourth-order valence-electron chi connectivity index (χ4n) is 1.98. The van der Waals surface area contributed by atoms with Gasteiger partial charge in [0.25, 0.3) is 0 Å². The minimum atomic E-state index is -0.863. The number of hydrogen-bond donors (Lipinski definition) is 1. The van der Waals surface area contributed by atoms with E-state index >= 15 is 0 Å². The average molecular weight is 267 g/mol. The van der Waals surface area contributed by atoms with Crippen LogP contribution in [0.3, 0.4) is 0 Å². The maximum atomic E-state index is 11.9. The van der Waals surface area contributed by atoms with Gasteiger partial charge in [-0.25, -0.2) is 4.79 Å². The van der Waals surface area contributed by atoms with Gasteiger partial charge >= 0.3 is 17.8 Å². The Morgan fingerprint density at radius 2 is 2.16 bits per heavy atom. The molecule has 1 heterocycles. The molecule has 1 fully saturated rings. The Morgan fingerprint density at radius 3 is 2.79 bits per heavy atom. The van der Waals surface area contributed by atoms with E-state index in [2.05, 4.69) is 5.32 Å². The lowest BCUT2D eigenvalue weighted by atomic mass is 10.0. The maximum absolute atomic E-state index is 11.9. The molecule has 1 atom stereocenters. The first kappa shape index (κ1) is 15.0. The van der Waals surface area contributed by atoms with Crippen molar-refractivity contribution in [1.29, 1.82) is 5.26 Å². The molecule has 104 valence electrons. The van der Waals surface area contributed by atoms with Gasteiger partial charge in [-0.2, -0.15) is 5.26 Å². The number of carbonyl (C=O) groups excluding carboxylic acids is 3. The Labute approximate surface area is 111 Å². The number of piperidine rings is 1. The molecule has 0 aliphatic carbocycles. The Balaban J connectivity index is 2.71. The van der Waals surface area contributed by atoms with Crippen LogP contribution in [0.25, 0.3) is 0 Å². The molecular formula is C12H17N3O4. The summed E-state index contributed by atoms with van der Waals surface area (Å²) in [7, 11) is 0. The van der Waals surface area contributed by atoms with Crippen molar-refractivity contribution in [3.8, 4) is 6.07 Å². The van der Waals surface area contributed by atoms with Crippen LogP contribution in [0.15, 0.2) is 0 Å². The standard InChI is InChI=1S/C12H17N3O4/c1-2-19-12(18)9-5-3-4-8-15(9)11(17)10(16)14-7-6-13/h9H,2-5,7-8H2,1H3,(H,14,16). The first-order chi connectivity index (χ1) is 9.11. The Hall–Kier alpha value is -2.10. The Morgan fingerprint density at radius 1 is 1.42 bits per heavy atom. The van der Waals surface area contributed by atoms with Crippen LogP contribution in [0.2, 0.25) is 0 Å². The zero-order valence-electron chi connectivity index (χ0n) is 10.8. The van der Waals surface area contributed by atoms with Gasteiger partial charge < -0.3 is 15.0 Å². The summed E-state index contributed by atoms with van der Waals surface area (Å²) in [6.07, 6.45) is 2.05. The molecule has 0 aromatic rings. The van der Waals surface area contributed by atoms with Gasteiger partial charge in [-0.05, 0) is 26.2 Å². The molecule has 2 amide bonds. The van der Waals surface area contributed by atoms with E-state index in [1.54, 1.807) is 13.0 Å². The highest BCUT2D eigenvalue weighted by atomic mass is 16.5. The molecule has 7 heteroatoms. The molecule has 1 aliphatic heterocycles. The monoisotopic (exact) mass is 267 g/mol. The molecule has 1 rings (SSSR count). The van der Waals surface area contributed by atoms with Crippen LogP contribution in [-0.4, -0.2) is 48.4 Å². The van der Waals surface area contributed by atoms with E-state index in [0.29, 0.717) is 13.0 Å². The number of ether oxygens (including phenoxy) is 1. The lowest BCUT2D eigenvalue weighted by Gasteiger charge is -2.33. The molecule has 1 aliphatic rings. The number of rotatable bonds is 3. The quantitative estimate of drug-likeness (QED) is 0.425. The van der Waals surface area contributed by atoms with Crippen molar-refractivity contribution in [2.75, 3.05) is 19.7 Å². The highest BCUT2D eigenvalue weighted by Crippen LogP contribution is 2.18. The number of amides is 2. The first-order valence-corrected chi connectivity index (χ1v) is 6.24. The van der Waals surface area contributed by atoms with Crippen LogP contribution >= 0.6 is 0 Å². The Kier molecular flexibility index (Phi) is 5.79. The third kappa shape index (κ3) is 3.95. The number of esters is 1. The molecule has 1 unspecified atom stereocenters. The number of nitriles is 1. The topological polar surface area (TPSA) is 99.5 Å². The van der Waals surface area contributed by atoms with E-state index in [-0.39, 0.29) is 13.2 Å². The van der Waals surface area contributed by atoms with Crippen molar-refractivity contribution in [3.05, 3.63) is 0 Å². The number of nitrogens with one attached hydrogen (secondary N) is 1. The zero-order chi connectivity index (χ0) is 14.3. The largest absolute Gasteiger partial charge is 0.464 e. The molecule has 0 bridgehead atoms. The van der Waals surface area contributed by atoms with Gasteiger partial charge in [0.2, 0.25) is 0 Å². The van der Waals surface area contributed by atoms with Gasteiger partial charge in [0.1, 0.15) is 12.6 Å². The van der Waals surface area contributed by atoms with Crippen LogP contribution < -0.4 is 5.32 Å². The second-order valence-corrected chi connectivity index (χ2v) is 4.10. The van der Waals surface area contributed by atoms with Crippen molar-refractivity contribution >= 4 is 17.8 Å². The van der Waals surface area contributed by atoms with Crippen LogP contribution in [-0.2, 0) is 19.1 Å². The van der Waals surface area contributed by atoms with Crippen molar-refractivity contribution in [2.24, 2.45) is 0 Å². The van der Waals surface area contributed by atoms with Gasteiger partial charge in [-0.1, -0.05) is 0 Å². The van der Waals surface area contributed by atoms with Gasteiger partial charge in [-0.15, -0.1) is 0 Å². The minimum Gasteiger partial charge on any atom is -0.464 e. The summed E-state index contributed by atoms with van der Waals surface area (Å²) in [4.78, 5) is 36.4. The predicted molar refractivity (Wildman–Crippen MR) is 64.6 cm³/mol. The smallest absolute Gasteiger partial charge is 0.328 e. The van der Waals surface area contributed by atoms with E-state index < -0.39 is 23.8 Å². The van der Waals surface area contributed by atoms with Crippen molar-refractivity contribution in [2.45, 2.75) is 32.2 Å². The molecule has 19 heavy (non-hydrogen) atoms. The summed E-state index contributed by atoms with van der Waals surface area (Å²) in [5, 5.41) is 10.5. The summed E-state index contributed by atoms with van der Waals surface area (Å²) in [5.74, 6) is -2.13. The summed E-state index contributed by atoms with van der Waals surface area (Å²) < 4.78 is 4.91. The molecular weight excluding hydrogens is 250 g/mol. The van der Waals surface area contributed by atoms with Gasteiger partial charge in [0.05, 0.1) is 12.7 Å². The van der Waals surface area contributed by atoms with E-state index in [1.165, 1.54) is 4.90 Å². The molecule has 1 saturated heterocycles. The molecule has 0 spiro atoms. The fraction of sp³-hybridized carbons (Fsp3) is 0.667. The summed E-state index contributed by atoms with van der Waals surface area (Å²) in [5.41, 5.74) is 0. The van der Waals surface area contributed by atoms with Crippen LogP contribution in [0.4, 0.5) is 0 Å². The lowest BCUT2D eigenvalue weighted by Crippen LogP contribution is -2.53. The predicted octanol–water partition coefficient (Wildman–Crippen LogP) is -0.430. The Bertz CT molecular complexity index is 402. The average Bonchev–Trinajstić information content (AvgIpc) is 2.44. The van der Waals surface area contributed by atoms with E-state index in [9.17, 15) is 14.4 Å². The molecule has 0 radical (unpaired) electrons. The van der Waals surface area contributed by atoms with Crippen molar-refractivity contribution in [3.63, 3.8) is 0 Å². The first-order valence-electron chi connectivity index (χ1n) is 6.24. The third-order valence-corrected chi connectivity index (χ3v) is 2.84. The van der Waals surface area contributed by atoms with Gasteiger partial charge in [0.15, 0.2) is 0 Å². The van der Waals surface area contributed by atoms with E-state index in [1.807, 2.05) is 0 Å². The number of nitrogens with zero attached hydrogens (tertiary/aromatic N) is 2. The molecule has 1 N–H and O–H groups in total. The van der Waals surface area contributed by atoms with E-state index in [4.69, 9.17) is 10.00 Å². The molecule has 7 nitrogen and oxygen atoms in total. The van der Waals surface area contributed by atoms with Gasteiger partial charge in [0, 0.05) is 6.54 Å². The van der Waals surface area contributed by atoms with Crippen molar-refractivity contribution < 1.29 is 19.1 Å². The fourth-order valence-corrected chi connectivity index (χ4v) is 1.98. The maximum Gasteiger partial charge on any atom is 0.328 e. The molecule has 0 aromatic heterocycles. The van der Waals surface area contributed by atoms with Crippen LogP contribution in [0.5, 0.6) is 0 Å². The second-order valence-electron chi connectivity index (χ2n) is 4.10. The van der Waals surface area contributed by atoms with E-state index in [0.717, 1.165) is 12.8 Å². The van der Waals surface area contributed by atoms with Crippen LogP contribution in [0, 0.1) is 11.3 Å². The lowest BCUT2D eigenvalue weighted by molar-refractivity contribution is -0.159. The summed E-state index contributed by atoms with van der Waals surface area (Å²) >= 11 is 0. The van der Waals surface area contributed by atoms with Gasteiger partial charge in [-0.3, -0.25) is 9.59 Å². The molecule has 0 saturated carbocycles. The highest BCUT2D eigenvalue weighted by Gasteiger charge is 2.35. The normalized spacial score (nSPS) is 18.3. The third-order valence-electron chi connectivity index (χ3n) is 2.84. The highest BCUT2D eigenvalue weighted by molar-refractivity contribution is 6.35. The number of likely N-dealkylation sites (tertiary alicyclic amines) is 1. The zero-order valence-corrected chi connectivity index (χ0v) is 10.8. The minimum absolute atomic E-state index is 0.234. The molecule has 0 aromatic carbocycles. The van der Waals surface area contributed by atoms with Crippen molar-refractivity contribution in [1.82, 2.24) is 10.2 Å². The van der Waals surface area contributed by atoms with Crippen LogP contribution in [0.1, 0.15) is 26.2 Å². The number of carbonyl (C=O) groups is 3. The number of hydrogen-bond acceptors (Lipinski definition) is 5.